The largest absolute Gasteiger partial charge is 0.294 e. The van der Waals surface area contributed by atoms with E-state index >= 15 is 0 Å². The summed E-state index contributed by atoms with van der Waals surface area (Å²) in [7, 11) is -6.14. The van der Waals surface area contributed by atoms with Crippen LogP contribution >= 0.6 is 0 Å². The van der Waals surface area contributed by atoms with Gasteiger partial charge in [0.1, 0.15) is 32.9 Å². The lowest BCUT2D eigenvalue weighted by Gasteiger charge is -2.66. The highest BCUT2D eigenvalue weighted by Gasteiger charge is 2.58. The summed E-state index contributed by atoms with van der Waals surface area (Å²) >= 11 is 0. The molecule has 0 heterocycles. The van der Waals surface area contributed by atoms with Crippen LogP contribution in [0.2, 0.25) is 72.5 Å². The fourth-order valence-electron chi connectivity index (χ4n) is 6.65. The lowest BCUT2D eigenvalue weighted by atomic mass is 10.9. The van der Waals surface area contributed by atoms with Crippen LogP contribution in [0.5, 0.6) is 0 Å². The van der Waals surface area contributed by atoms with Crippen LogP contribution in [0, 0.1) is 0 Å². The molecule has 182 valence electrons. The van der Waals surface area contributed by atoms with Crippen molar-refractivity contribution in [2.75, 3.05) is 0 Å². The molecule has 0 amide bonds. The first kappa shape index (κ1) is 30.8. The van der Waals surface area contributed by atoms with Crippen molar-refractivity contribution in [3.63, 3.8) is 0 Å². The molecule has 0 spiro atoms. The van der Waals surface area contributed by atoms with Gasteiger partial charge in [0.2, 0.25) is 0 Å². The Bertz CT molecular complexity index is 341. The van der Waals surface area contributed by atoms with Gasteiger partial charge in [-0.3, -0.25) is 8.68 Å². The van der Waals surface area contributed by atoms with Gasteiger partial charge < -0.3 is 0 Å². The predicted octanol–water partition coefficient (Wildman–Crippen LogP) is 9.53. The molecule has 2 nitrogen and oxygen atoms in total. The van der Waals surface area contributed by atoms with Crippen molar-refractivity contribution in [1.82, 2.24) is 8.68 Å². The summed E-state index contributed by atoms with van der Waals surface area (Å²) in [6.07, 6.45) is 0. The highest BCUT2D eigenvalue weighted by molar-refractivity contribution is 6.99. The number of hydrogen-bond acceptors (Lipinski definition) is 2. The Morgan fingerprint density at radius 3 is 0.433 bits per heavy atom. The first-order valence-corrected chi connectivity index (χ1v) is 24.1. The average Bonchev–Trinajstić information content (AvgIpc) is 2.82. The third-order valence-electron chi connectivity index (χ3n) is 9.89. The molecule has 0 aliphatic carbocycles. The van der Waals surface area contributed by atoms with Gasteiger partial charge in [-0.05, 0) is 72.5 Å². The fourth-order valence-corrected chi connectivity index (χ4v) is 36.8. The molecule has 0 aliphatic rings. The van der Waals surface area contributed by atoms with Gasteiger partial charge in [0, 0.05) is 0 Å². The highest BCUT2D eigenvalue weighted by atomic mass is 28.4. The van der Waals surface area contributed by atoms with Crippen molar-refractivity contribution in [3.05, 3.63) is 0 Å². The van der Waals surface area contributed by atoms with Crippen LogP contribution in [-0.4, -0.2) is 41.6 Å². The summed E-state index contributed by atoms with van der Waals surface area (Å²) in [5, 5.41) is 0. The molecule has 0 aromatic carbocycles. The molecule has 0 rings (SSSR count). The topological polar surface area (TPSA) is 6.48 Å². The Kier molecular flexibility index (Phi) is 13.8. The Morgan fingerprint density at radius 2 is 0.367 bits per heavy atom. The maximum Gasteiger partial charge on any atom is 0.134 e. The van der Waals surface area contributed by atoms with E-state index < -0.39 is 32.9 Å². The molecule has 0 unspecified atom stereocenters. The molecule has 0 bridgehead atoms. The molecule has 0 radical (unpaired) electrons. The lowest BCUT2D eigenvalue weighted by molar-refractivity contribution is 0.322. The quantitative estimate of drug-likeness (QED) is 0.148. The maximum atomic E-state index is 3.46. The van der Waals surface area contributed by atoms with Gasteiger partial charge in [-0.2, -0.15) is 0 Å². The van der Waals surface area contributed by atoms with Gasteiger partial charge in [-0.15, -0.1) is 0 Å². The zero-order valence-corrected chi connectivity index (χ0v) is 27.4. The molecule has 0 N–H and O–H groups in total. The third kappa shape index (κ3) is 5.30. The van der Waals surface area contributed by atoms with Crippen molar-refractivity contribution in [3.8, 4) is 0 Å². The van der Waals surface area contributed by atoms with Crippen LogP contribution in [0.15, 0.2) is 0 Å². The molecule has 30 heavy (non-hydrogen) atoms. The van der Waals surface area contributed by atoms with E-state index in [9.17, 15) is 0 Å². The van der Waals surface area contributed by atoms with Crippen LogP contribution in [0.4, 0.5) is 0 Å². The summed E-state index contributed by atoms with van der Waals surface area (Å²) in [6, 6.07) is 17.3. The van der Waals surface area contributed by atoms with Gasteiger partial charge in [0.05, 0.1) is 0 Å². The molecule has 0 fully saturated rings. The monoisotopic (exact) mass is 488 g/mol. The Balaban J connectivity index is 7.54. The maximum absolute atomic E-state index is 3.46. The van der Waals surface area contributed by atoms with E-state index in [-0.39, 0.29) is 0 Å². The van der Waals surface area contributed by atoms with Crippen LogP contribution in [0.3, 0.4) is 0 Å². The SMILES string of the molecule is CC[Si](CC)(CC)N(N([Si](CC)(CC)CC)[Si](CC)(CC)CC)[Si](CC)(CC)CC. The van der Waals surface area contributed by atoms with Crippen molar-refractivity contribution >= 4 is 32.9 Å². The Hall–Kier alpha value is 0.788. The standard InChI is InChI=1S/C24H60N2Si4/c1-13-27(14-2,15-3)25(28(16-4,17-5)18-6)26(29(19-7,20-8)21-9)30(22-10,23-11)24-12/h13-24H2,1-12H3. The lowest BCUT2D eigenvalue weighted by Crippen LogP contribution is -2.82. The fraction of sp³-hybridized carbons (Fsp3) is 1.00. The minimum atomic E-state index is -1.53. The highest BCUT2D eigenvalue weighted by Crippen LogP contribution is 2.46. The average molecular weight is 489 g/mol. The first-order valence-electron chi connectivity index (χ1n) is 13.8. The van der Waals surface area contributed by atoms with E-state index in [1.807, 2.05) is 0 Å². The zero-order chi connectivity index (χ0) is 23.6. The van der Waals surface area contributed by atoms with Gasteiger partial charge >= 0.3 is 0 Å². The number of nitrogens with zero attached hydrogens (tertiary/aromatic N) is 2. The van der Waals surface area contributed by atoms with E-state index in [2.05, 4.69) is 91.8 Å². The summed E-state index contributed by atoms with van der Waals surface area (Å²) in [5.74, 6) is 0. The van der Waals surface area contributed by atoms with Crippen LogP contribution in [0.1, 0.15) is 83.1 Å². The van der Waals surface area contributed by atoms with E-state index in [0.29, 0.717) is 0 Å². The van der Waals surface area contributed by atoms with E-state index in [0.717, 1.165) is 0 Å². The normalized spacial score (nSPS) is 14.2. The molecule has 6 heteroatoms. The van der Waals surface area contributed by atoms with Crippen molar-refractivity contribution in [2.45, 2.75) is 156 Å². The van der Waals surface area contributed by atoms with Crippen molar-refractivity contribution < 1.29 is 0 Å². The second kappa shape index (κ2) is 13.5. The Labute approximate surface area is 196 Å². The molecular weight excluding hydrogens is 429 g/mol. The minimum Gasteiger partial charge on any atom is -0.294 e. The summed E-state index contributed by atoms with van der Waals surface area (Å²) < 4.78 is 6.93. The molecule has 0 aromatic heterocycles. The molecule has 0 aliphatic heterocycles. The van der Waals surface area contributed by atoms with Gasteiger partial charge in [0.25, 0.3) is 0 Å². The smallest absolute Gasteiger partial charge is 0.134 e. The summed E-state index contributed by atoms with van der Waals surface area (Å²) in [4.78, 5) is 0. The summed E-state index contributed by atoms with van der Waals surface area (Å²) in [6.45, 7) is 30.7. The second-order valence-electron chi connectivity index (χ2n) is 9.76. The number of hydrazine groups is 1. The van der Waals surface area contributed by atoms with Crippen molar-refractivity contribution in [1.29, 1.82) is 0 Å². The number of rotatable bonds is 17. The van der Waals surface area contributed by atoms with Crippen LogP contribution in [-0.2, 0) is 0 Å². The van der Waals surface area contributed by atoms with Gasteiger partial charge in [-0.25, -0.2) is 0 Å². The number of hydrogen-bond donors (Lipinski definition) is 0. The molecule has 0 saturated carbocycles. The van der Waals surface area contributed by atoms with Gasteiger partial charge in [-0.1, -0.05) is 83.1 Å². The first-order chi connectivity index (χ1) is 14.2. The second-order valence-corrected chi connectivity index (χ2v) is 30.6. The Morgan fingerprint density at radius 1 is 0.267 bits per heavy atom. The molecular formula is C24H60N2Si4. The van der Waals surface area contributed by atoms with E-state index in [1.54, 1.807) is 0 Å². The van der Waals surface area contributed by atoms with Crippen molar-refractivity contribution in [2.24, 2.45) is 0 Å². The summed E-state index contributed by atoms with van der Waals surface area (Å²) in [5.41, 5.74) is 0. The van der Waals surface area contributed by atoms with E-state index in [1.165, 1.54) is 72.5 Å². The molecule has 0 saturated heterocycles. The van der Waals surface area contributed by atoms with Crippen LogP contribution < -0.4 is 0 Å². The molecule has 0 aromatic rings. The van der Waals surface area contributed by atoms with Gasteiger partial charge in [0.15, 0.2) is 0 Å². The third-order valence-corrected chi connectivity index (χ3v) is 36.6. The minimum absolute atomic E-state index is 1.44. The van der Waals surface area contributed by atoms with Crippen LogP contribution in [0.25, 0.3) is 0 Å². The zero-order valence-electron chi connectivity index (χ0n) is 23.4. The molecule has 0 atom stereocenters. The predicted molar refractivity (Wildman–Crippen MR) is 152 cm³/mol. The van der Waals surface area contributed by atoms with E-state index in [4.69, 9.17) is 0 Å².